The van der Waals surface area contributed by atoms with Crippen LogP contribution in [-0.2, 0) is 6.54 Å². The summed E-state index contributed by atoms with van der Waals surface area (Å²) in [6, 6.07) is 9.90. The van der Waals surface area contributed by atoms with E-state index < -0.39 is 0 Å². The SMILES string of the molecule is CCCCC(CC)CNCc1ccc(OCC#N)cc1. The number of hydrogen-bond donors (Lipinski definition) is 1. The van der Waals surface area contributed by atoms with Gasteiger partial charge in [-0.05, 0) is 36.6 Å². The van der Waals surface area contributed by atoms with E-state index >= 15 is 0 Å². The molecule has 0 aliphatic rings. The van der Waals surface area contributed by atoms with Crippen molar-refractivity contribution in [1.29, 1.82) is 5.26 Å². The van der Waals surface area contributed by atoms with Crippen LogP contribution in [0.4, 0.5) is 0 Å². The molecule has 0 spiro atoms. The lowest BCUT2D eigenvalue weighted by atomic mass is 9.99. The fourth-order valence-corrected chi connectivity index (χ4v) is 2.18. The molecule has 0 aromatic heterocycles. The minimum Gasteiger partial charge on any atom is -0.479 e. The molecule has 1 N–H and O–H groups in total. The van der Waals surface area contributed by atoms with Crippen molar-refractivity contribution in [3.63, 3.8) is 0 Å². The Hall–Kier alpha value is -1.53. The first-order chi connectivity index (χ1) is 9.80. The molecular weight excluding hydrogens is 248 g/mol. The highest BCUT2D eigenvalue weighted by Gasteiger charge is 2.05. The standard InChI is InChI=1S/C17H26N2O/c1-3-5-6-15(4-2)13-19-14-16-7-9-17(10-8-16)20-12-11-18/h7-10,15,19H,3-6,12-14H2,1-2H3. The molecule has 20 heavy (non-hydrogen) atoms. The van der Waals surface area contributed by atoms with Gasteiger partial charge in [-0.3, -0.25) is 0 Å². The lowest BCUT2D eigenvalue weighted by Crippen LogP contribution is -2.22. The van der Waals surface area contributed by atoms with Gasteiger partial charge in [0.05, 0.1) is 0 Å². The van der Waals surface area contributed by atoms with Gasteiger partial charge in [-0.25, -0.2) is 0 Å². The second-order valence-electron chi connectivity index (χ2n) is 5.14. The zero-order valence-corrected chi connectivity index (χ0v) is 12.7. The van der Waals surface area contributed by atoms with Crippen molar-refractivity contribution in [3.05, 3.63) is 29.8 Å². The van der Waals surface area contributed by atoms with E-state index in [1.165, 1.54) is 31.2 Å². The lowest BCUT2D eigenvalue weighted by Gasteiger charge is -2.15. The highest BCUT2D eigenvalue weighted by atomic mass is 16.5. The van der Waals surface area contributed by atoms with Crippen molar-refractivity contribution >= 4 is 0 Å². The average Bonchev–Trinajstić information content (AvgIpc) is 2.49. The molecule has 3 nitrogen and oxygen atoms in total. The van der Waals surface area contributed by atoms with Crippen LogP contribution in [0.5, 0.6) is 5.75 Å². The minimum absolute atomic E-state index is 0.104. The van der Waals surface area contributed by atoms with Crippen LogP contribution in [0.3, 0.4) is 0 Å². The number of ether oxygens (including phenoxy) is 1. The first kappa shape index (κ1) is 16.5. The molecule has 0 heterocycles. The van der Waals surface area contributed by atoms with Gasteiger partial charge in [0.25, 0.3) is 0 Å². The van der Waals surface area contributed by atoms with Gasteiger partial charge >= 0.3 is 0 Å². The maximum absolute atomic E-state index is 8.45. The minimum atomic E-state index is 0.104. The highest BCUT2D eigenvalue weighted by molar-refractivity contribution is 5.27. The van der Waals surface area contributed by atoms with Gasteiger partial charge in [0.15, 0.2) is 6.61 Å². The molecule has 3 heteroatoms. The Morgan fingerprint density at radius 2 is 2.00 bits per heavy atom. The van der Waals surface area contributed by atoms with Gasteiger partial charge in [0.2, 0.25) is 0 Å². The molecule has 1 atom stereocenters. The van der Waals surface area contributed by atoms with Crippen molar-refractivity contribution in [2.45, 2.75) is 46.1 Å². The molecule has 1 rings (SSSR count). The smallest absolute Gasteiger partial charge is 0.174 e. The van der Waals surface area contributed by atoms with Gasteiger partial charge in [-0.1, -0.05) is 45.2 Å². The van der Waals surface area contributed by atoms with Crippen molar-refractivity contribution in [2.24, 2.45) is 5.92 Å². The molecular formula is C17H26N2O. The number of nitrogens with zero attached hydrogens (tertiary/aromatic N) is 1. The van der Waals surface area contributed by atoms with Crippen molar-refractivity contribution in [1.82, 2.24) is 5.32 Å². The van der Waals surface area contributed by atoms with E-state index in [1.54, 1.807) is 0 Å². The van der Waals surface area contributed by atoms with Crippen LogP contribution in [-0.4, -0.2) is 13.2 Å². The number of rotatable bonds is 10. The number of benzene rings is 1. The maximum Gasteiger partial charge on any atom is 0.174 e. The normalized spacial score (nSPS) is 11.8. The monoisotopic (exact) mass is 274 g/mol. The van der Waals surface area contributed by atoms with Crippen molar-refractivity contribution in [2.75, 3.05) is 13.2 Å². The van der Waals surface area contributed by atoms with Gasteiger partial charge in [0, 0.05) is 6.54 Å². The van der Waals surface area contributed by atoms with Crippen LogP contribution in [0.15, 0.2) is 24.3 Å². The van der Waals surface area contributed by atoms with E-state index in [4.69, 9.17) is 10.00 Å². The Bertz CT molecular complexity index is 394. The Balaban J connectivity index is 2.29. The third kappa shape index (κ3) is 6.58. The topological polar surface area (TPSA) is 45.0 Å². The largest absolute Gasteiger partial charge is 0.479 e. The Kier molecular flexibility index (Phi) is 8.49. The Morgan fingerprint density at radius 1 is 1.25 bits per heavy atom. The number of nitrogens with one attached hydrogen (secondary N) is 1. The average molecular weight is 274 g/mol. The van der Waals surface area contributed by atoms with Crippen LogP contribution < -0.4 is 10.1 Å². The third-order valence-corrected chi connectivity index (χ3v) is 3.53. The van der Waals surface area contributed by atoms with E-state index in [1.807, 2.05) is 30.3 Å². The predicted octanol–water partition coefficient (Wildman–Crippen LogP) is 3.89. The maximum atomic E-state index is 8.45. The molecule has 0 aliphatic heterocycles. The fraction of sp³-hybridized carbons (Fsp3) is 0.588. The predicted molar refractivity (Wildman–Crippen MR) is 82.6 cm³/mol. The summed E-state index contributed by atoms with van der Waals surface area (Å²) in [4.78, 5) is 0. The molecule has 0 saturated heterocycles. The van der Waals surface area contributed by atoms with Crippen molar-refractivity contribution < 1.29 is 4.74 Å². The van der Waals surface area contributed by atoms with Gasteiger partial charge in [-0.15, -0.1) is 0 Å². The summed E-state index contributed by atoms with van der Waals surface area (Å²) in [6.45, 7) is 6.59. The van der Waals surface area contributed by atoms with E-state index in [0.717, 1.165) is 24.8 Å². The van der Waals surface area contributed by atoms with Crippen LogP contribution >= 0.6 is 0 Å². The van der Waals surface area contributed by atoms with E-state index in [9.17, 15) is 0 Å². The van der Waals surface area contributed by atoms with E-state index in [0.29, 0.717) is 0 Å². The molecule has 1 aromatic rings. The summed E-state index contributed by atoms with van der Waals surface area (Å²) in [5, 5.41) is 12.0. The summed E-state index contributed by atoms with van der Waals surface area (Å²) in [5.41, 5.74) is 1.25. The molecule has 1 aromatic carbocycles. The lowest BCUT2D eigenvalue weighted by molar-refractivity contribution is 0.368. The second-order valence-corrected chi connectivity index (χ2v) is 5.14. The molecule has 0 fully saturated rings. The van der Waals surface area contributed by atoms with Gasteiger partial charge in [-0.2, -0.15) is 5.26 Å². The van der Waals surface area contributed by atoms with Crippen molar-refractivity contribution in [3.8, 4) is 11.8 Å². The molecule has 0 bridgehead atoms. The first-order valence-corrected chi connectivity index (χ1v) is 7.59. The van der Waals surface area contributed by atoms with Crippen LogP contribution in [0.2, 0.25) is 0 Å². The van der Waals surface area contributed by atoms with Gasteiger partial charge < -0.3 is 10.1 Å². The number of unbranched alkanes of at least 4 members (excludes halogenated alkanes) is 1. The third-order valence-electron chi connectivity index (χ3n) is 3.53. The highest BCUT2D eigenvalue weighted by Crippen LogP contribution is 2.13. The molecule has 0 aliphatic carbocycles. The van der Waals surface area contributed by atoms with Gasteiger partial charge in [0.1, 0.15) is 11.8 Å². The Labute approximate surface area is 123 Å². The molecule has 1 unspecified atom stereocenters. The van der Waals surface area contributed by atoms with Crippen LogP contribution in [0.1, 0.15) is 45.1 Å². The summed E-state index contributed by atoms with van der Waals surface area (Å²) in [6.07, 6.45) is 5.17. The zero-order valence-electron chi connectivity index (χ0n) is 12.7. The van der Waals surface area contributed by atoms with Crippen LogP contribution in [0.25, 0.3) is 0 Å². The molecule has 0 amide bonds. The van der Waals surface area contributed by atoms with E-state index in [2.05, 4.69) is 19.2 Å². The number of hydrogen-bond acceptors (Lipinski definition) is 3. The summed E-state index contributed by atoms with van der Waals surface area (Å²) < 4.78 is 5.23. The molecule has 0 saturated carbocycles. The summed E-state index contributed by atoms with van der Waals surface area (Å²) in [7, 11) is 0. The quantitative estimate of drug-likeness (QED) is 0.704. The molecule has 0 radical (unpaired) electrons. The zero-order chi connectivity index (χ0) is 14.6. The summed E-state index contributed by atoms with van der Waals surface area (Å²) >= 11 is 0. The fourth-order valence-electron chi connectivity index (χ4n) is 2.18. The molecule has 110 valence electrons. The van der Waals surface area contributed by atoms with Crippen LogP contribution in [0, 0.1) is 17.2 Å². The number of nitriles is 1. The van der Waals surface area contributed by atoms with E-state index in [-0.39, 0.29) is 6.61 Å². The first-order valence-electron chi connectivity index (χ1n) is 7.59. The summed E-state index contributed by atoms with van der Waals surface area (Å²) in [5.74, 6) is 1.54. The Morgan fingerprint density at radius 3 is 2.60 bits per heavy atom. The second kappa shape index (κ2) is 10.3.